The fraction of sp³-hybridized carbons (Fsp3) is 0.364. The predicted molar refractivity (Wildman–Crippen MR) is 59.8 cm³/mol. The van der Waals surface area contributed by atoms with Crippen molar-refractivity contribution in [1.29, 1.82) is 0 Å². The van der Waals surface area contributed by atoms with Crippen molar-refractivity contribution in [1.82, 2.24) is 0 Å². The lowest BCUT2D eigenvalue weighted by Gasteiger charge is -2.25. The summed E-state index contributed by atoms with van der Waals surface area (Å²) in [7, 11) is 1.63. The zero-order chi connectivity index (χ0) is 11.6. The fourth-order valence-electron chi connectivity index (χ4n) is 1.25. The number of benzene rings is 1. The molecular weight excluding hydrogens is 192 g/mol. The summed E-state index contributed by atoms with van der Waals surface area (Å²) < 4.78 is 0. The topological polar surface area (TPSA) is 66.6 Å². The third kappa shape index (κ3) is 2.70. The first-order chi connectivity index (χ1) is 6.82. The zero-order valence-electron chi connectivity index (χ0n) is 9.19. The lowest BCUT2D eigenvalue weighted by Crippen LogP contribution is -2.49. The average Bonchev–Trinajstić information content (AvgIpc) is 2.14. The van der Waals surface area contributed by atoms with Gasteiger partial charge in [0, 0.05) is 18.8 Å². The van der Waals surface area contributed by atoms with Crippen LogP contribution in [0, 0.1) is 0 Å². The van der Waals surface area contributed by atoms with Gasteiger partial charge in [0.25, 0.3) is 0 Å². The van der Waals surface area contributed by atoms with Crippen molar-refractivity contribution in [2.24, 2.45) is 5.73 Å². The van der Waals surface area contributed by atoms with Crippen molar-refractivity contribution >= 4 is 11.6 Å². The van der Waals surface area contributed by atoms with E-state index in [0.29, 0.717) is 5.69 Å². The molecule has 0 saturated heterocycles. The molecule has 0 aliphatic carbocycles. The van der Waals surface area contributed by atoms with Gasteiger partial charge in [0.05, 0.1) is 5.54 Å². The number of rotatable bonds is 2. The first-order valence-electron chi connectivity index (χ1n) is 4.68. The minimum absolute atomic E-state index is 0.127. The summed E-state index contributed by atoms with van der Waals surface area (Å²) in [5, 5.41) is 9.28. The third-order valence-electron chi connectivity index (χ3n) is 2.07. The number of hydrogen-bond donors (Lipinski definition) is 2. The quantitative estimate of drug-likeness (QED) is 0.764. The first-order valence-corrected chi connectivity index (χ1v) is 4.68. The molecule has 1 amide bonds. The highest BCUT2D eigenvalue weighted by atomic mass is 16.3. The van der Waals surface area contributed by atoms with Crippen LogP contribution in [0.3, 0.4) is 0 Å². The molecule has 1 aromatic rings. The number of anilines is 1. The van der Waals surface area contributed by atoms with Gasteiger partial charge in [-0.3, -0.25) is 4.79 Å². The molecular formula is C11H16N2O2. The molecule has 0 fully saturated rings. The minimum atomic E-state index is -0.916. The first kappa shape index (κ1) is 11.5. The molecule has 0 aromatic heterocycles. The van der Waals surface area contributed by atoms with Gasteiger partial charge in [0.2, 0.25) is 5.91 Å². The van der Waals surface area contributed by atoms with Crippen molar-refractivity contribution in [2.45, 2.75) is 19.4 Å². The number of hydrogen-bond acceptors (Lipinski definition) is 3. The fourth-order valence-corrected chi connectivity index (χ4v) is 1.25. The van der Waals surface area contributed by atoms with Crippen molar-refractivity contribution in [3.63, 3.8) is 0 Å². The highest BCUT2D eigenvalue weighted by molar-refractivity contribution is 5.99. The lowest BCUT2D eigenvalue weighted by molar-refractivity contribution is -0.122. The molecule has 15 heavy (non-hydrogen) atoms. The standard InChI is InChI=1S/C11H16N2O2/c1-11(2,12)10(15)13(3)8-5-4-6-9(14)7-8/h4-7,14H,12H2,1-3H3. The Labute approximate surface area is 89.3 Å². The normalized spacial score (nSPS) is 11.2. The highest BCUT2D eigenvalue weighted by Gasteiger charge is 2.26. The number of phenolic OH excluding ortho intramolecular Hbond substituents is 1. The second-order valence-electron chi connectivity index (χ2n) is 4.11. The van der Waals surface area contributed by atoms with Crippen LogP contribution in [-0.2, 0) is 4.79 Å². The molecule has 1 rings (SSSR count). The van der Waals surface area contributed by atoms with Crippen LogP contribution in [-0.4, -0.2) is 23.6 Å². The van der Waals surface area contributed by atoms with Gasteiger partial charge in [-0.25, -0.2) is 0 Å². The second-order valence-corrected chi connectivity index (χ2v) is 4.11. The van der Waals surface area contributed by atoms with E-state index in [-0.39, 0.29) is 11.7 Å². The zero-order valence-corrected chi connectivity index (χ0v) is 9.19. The van der Waals surface area contributed by atoms with Crippen molar-refractivity contribution in [2.75, 3.05) is 11.9 Å². The van der Waals surface area contributed by atoms with E-state index in [1.165, 1.54) is 11.0 Å². The van der Waals surface area contributed by atoms with E-state index in [0.717, 1.165) is 0 Å². The summed E-state index contributed by atoms with van der Waals surface area (Å²) in [5.74, 6) is -0.0740. The molecule has 82 valence electrons. The minimum Gasteiger partial charge on any atom is -0.508 e. The number of carbonyl (C=O) groups is 1. The van der Waals surface area contributed by atoms with Gasteiger partial charge in [-0.2, -0.15) is 0 Å². The number of nitrogens with zero attached hydrogens (tertiary/aromatic N) is 1. The average molecular weight is 208 g/mol. The Hall–Kier alpha value is -1.55. The van der Waals surface area contributed by atoms with E-state index in [2.05, 4.69) is 0 Å². The number of likely N-dealkylation sites (N-methyl/N-ethyl adjacent to an activating group) is 1. The summed E-state index contributed by atoms with van der Waals surface area (Å²) in [5.41, 5.74) is 5.41. The predicted octanol–water partition coefficient (Wildman–Crippen LogP) is 1.09. The van der Waals surface area contributed by atoms with Gasteiger partial charge in [-0.05, 0) is 26.0 Å². The van der Waals surface area contributed by atoms with Gasteiger partial charge in [0.1, 0.15) is 5.75 Å². The van der Waals surface area contributed by atoms with Crippen molar-refractivity contribution in [3.8, 4) is 5.75 Å². The van der Waals surface area contributed by atoms with Crippen LogP contribution >= 0.6 is 0 Å². The van der Waals surface area contributed by atoms with E-state index >= 15 is 0 Å². The molecule has 0 aliphatic heterocycles. The Morgan fingerprint density at radius 2 is 2.07 bits per heavy atom. The summed E-state index contributed by atoms with van der Waals surface area (Å²) >= 11 is 0. The molecule has 0 bridgehead atoms. The van der Waals surface area contributed by atoms with Crippen LogP contribution in [0.4, 0.5) is 5.69 Å². The van der Waals surface area contributed by atoms with Crippen LogP contribution in [0.2, 0.25) is 0 Å². The Kier molecular flexibility index (Phi) is 3.00. The molecule has 1 aromatic carbocycles. The summed E-state index contributed by atoms with van der Waals surface area (Å²) in [6.07, 6.45) is 0. The van der Waals surface area contributed by atoms with Gasteiger partial charge in [-0.1, -0.05) is 6.07 Å². The monoisotopic (exact) mass is 208 g/mol. The Balaban J connectivity index is 2.95. The number of carbonyl (C=O) groups excluding carboxylic acids is 1. The van der Waals surface area contributed by atoms with E-state index in [1.54, 1.807) is 39.1 Å². The summed E-state index contributed by atoms with van der Waals surface area (Å²) in [6, 6.07) is 6.49. The molecule has 0 spiro atoms. The second kappa shape index (κ2) is 3.90. The molecule has 4 heteroatoms. The molecule has 0 saturated carbocycles. The highest BCUT2D eigenvalue weighted by Crippen LogP contribution is 2.20. The maximum absolute atomic E-state index is 11.8. The number of nitrogens with two attached hydrogens (primary N) is 1. The largest absolute Gasteiger partial charge is 0.508 e. The van der Waals surface area contributed by atoms with Gasteiger partial charge in [0.15, 0.2) is 0 Å². The Morgan fingerprint density at radius 1 is 1.47 bits per heavy atom. The smallest absolute Gasteiger partial charge is 0.246 e. The maximum atomic E-state index is 11.8. The van der Waals surface area contributed by atoms with E-state index in [4.69, 9.17) is 5.73 Å². The number of amides is 1. The molecule has 4 nitrogen and oxygen atoms in total. The SMILES string of the molecule is CN(C(=O)C(C)(C)N)c1cccc(O)c1. The molecule has 3 N–H and O–H groups in total. The molecule has 0 radical (unpaired) electrons. The molecule has 0 heterocycles. The number of aromatic hydroxyl groups is 1. The van der Waals surface area contributed by atoms with Gasteiger partial charge in [-0.15, -0.1) is 0 Å². The van der Waals surface area contributed by atoms with Crippen molar-refractivity contribution in [3.05, 3.63) is 24.3 Å². The Bertz CT molecular complexity index is 369. The van der Waals surface area contributed by atoms with E-state index < -0.39 is 5.54 Å². The van der Waals surface area contributed by atoms with Crippen LogP contribution in [0.15, 0.2) is 24.3 Å². The molecule has 0 aliphatic rings. The molecule has 0 unspecified atom stereocenters. The summed E-state index contributed by atoms with van der Waals surface area (Å²) in [4.78, 5) is 13.2. The van der Waals surface area contributed by atoms with Gasteiger partial charge >= 0.3 is 0 Å². The van der Waals surface area contributed by atoms with Crippen LogP contribution in [0.5, 0.6) is 5.75 Å². The number of phenols is 1. The molecule has 0 atom stereocenters. The third-order valence-corrected chi connectivity index (χ3v) is 2.07. The van der Waals surface area contributed by atoms with Gasteiger partial charge < -0.3 is 15.7 Å². The van der Waals surface area contributed by atoms with E-state index in [9.17, 15) is 9.90 Å². The van der Waals surface area contributed by atoms with E-state index in [1.807, 2.05) is 0 Å². The maximum Gasteiger partial charge on any atom is 0.246 e. The Morgan fingerprint density at radius 3 is 2.53 bits per heavy atom. The van der Waals surface area contributed by atoms with Crippen LogP contribution in [0.25, 0.3) is 0 Å². The van der Waals surface area contributed by atoms with Crippen molar-refractivity contribution < 1.29 is 9.90 Å². The van der Waals surface area contributed by atoms with Crippen LogP contribution in [0.1, 0.15) is 13.8 Å². The van der Waals surface area contributed by atoms with Crippen LogP contribution < -0.4 is 10.6 Å². The lowest BCUT2D eigenvalue weighted by atomic mass is 10.1. The summed E-state index contributed by atoms with van der Waals surface area (Å²) in [6.45, 7) is 3.29.